The summed E-state index contributed by atoms with van der Waals surface area (Å²) in [7, 11) is -5.00. The van der Waals surface area contributed by atoms with Crippen molar-refractivity contribution in [2.24, 2.45) is 0 Å². The maximum absolute atomic E-state index is 12.7. The molecule has 0 aromatic rings. The molecule has 0 bridgehead atoms. The van der Waals surface area contributed by atoms with E-state index < -0.39 is 63.1 Å². The van der Waals surface area contributed by atoms with Crippen LogP contribution in [0, 0.1) is 0 Å². The van der Waals surface area contributed by atoms with Crippen molar-refractivity contribution in [3.8, 4) is 0 Å². The lowest BCUT2D eigenvalue weighted by molar-refractivity contribution is -0.220. The number of aliphatic hydroxyl groups is 5. The molecule has 49 heavy (non-hydrogen) atoms. The predicted molar refractivity (Wildman–Crippen MR) is 189 cm³/mol. The number of allylic oxidation sites excluding steroid dienone is 2. The number of unbranched alkanes of at least 4 members (excludes halogenated alkanes) is 17. The van der Waals surface area contributed by atoms with Crippen LogP contribution >= 0.6 is 7.82 Å². The summed E-state index contributed by atoms with van der Waals surface area (Å²) in [5.74, 6) is -0.483. The van der Waals surface area contributed by atoms with Gasteiger partial charge >= 0.3 is 13.8 Å². The molecule has 6 N–H and O–H groups in total. The molecule has 0 heterocycles. The number of phosphoric ester groups is 1. The summed E-state index contributed by atoms with van der Waals surface area (Å²) in [6, 6.07) is 0. The molecule has 0 spiro atoms. The Balaban J connectivity index is 2.48. The number of hydrogen-bond donors (Lipinski definition) is 6. The fourth-order valence-electron chi connectivity index (χ4n) is 5.76. The van der Waals surface area contributed by atoms with Crippen molar-refractivity contribution in [3.05, 3.63) is 12.2 Å². The van der Waals surface area contributed by atoms with Gasteiger partial charge in [-0.3, -0.25) is 13.8 Å². The van der Waals surface area contributed by atoms with Crippen molar-refractivity contribution >= 4 is 13.8 Å². The highest BCUT2D eigenvalue weighted by Gasteiger charge is 2.51. The van der Waals surface area contributed by atoms with E-state index in [1.165, 1.54) is 70.6 Å². The van der Waals surface area contributed by atoms with E-state index in [-0.39, 0.29) is 13.0 Å². The number of ether oxygens (including phenoxy) is 2. The third-order valence-electron chi connectivity index (χ3n) is 8.89. The zero-order chi connectivity index (χ0) is 36.3. The Morgan fingerprint density at radius 2 is 1.08 bits per heavy atom. The van der Waals surface area contributed by atoms with Crippen LogP contribution in [0.25, 0.3) is 0 Å². The Bertz CT molecular complexity index is 874. The first kappa shape index (κ1) is 46.1. The van der Waals surface area contributed by atoms with Gasteiger partial charge in [0.1, 0.15) is 42.7 Å². The molecule has 1 saturated carbocycles. The highest BCUT2D eigenvalue weighted by Crippen LogP contribution is 2.47. The van der Waals surface area contributed by atoms with Gasteiger partial charge in [0.15, 0.2) is 0 Å². The van der Waals surface area contributed by atoms with Crippen molar-refractivity contribution in [2.45, 2.75) is 191 Å². The normalized spacial score (nSPS) is 24.7. The van der Waals surface area contributed by atoms with Gasteiger partial charge in [-0.25, -0.2) is 4.57 Å². The van der Waals surface area contributed by atoms with E-state index in [4.69, 9.17) is 18.5 Å². The van der Waals surface area contributed by atoms with Gasteiger partial charge in [0.25, 0.3) is 0 Å². The van der Waals surface area contributed by atoms with Gasteiger partial charge in [0.05, 0.1) is 13.2 Å². The zero-order valence-corrected chi connectivity index (χ0v) is 31.1. The number of esters is 1. The molecule has 6 unspecified atom stereocenters. The van der Waals surface area contributed by atoms with E-state index in [1.54, 1.807) is 0 Å². The molecule has 12 nitrogen and oxygen atoms in total. The third-order valence-corrected chi connectivity index (χ3v) is 9.87. The van der Waals surface area contributed by atoms with Crippen LogP contribution in [0.5, 0.6) is 0 Å². The fraction of sp³-hybridized carbons (Fsp3) is 0.917. The van der Waals surface area contributed by atoms with Gasteiger partial charge in [-0.15, -0.1) is 0 Å². The first-order valence-corrected chi connectivity index (χ1v) is 20.5. The third kappa shape index (κ3) is 21.9. The molecule has 1 rings (SSSR count). The lowest BCUT2D eigenvalue weighted by atomic mass is 9.85. The first-order valence-electron chi connectivity index (χ1n) is 19.0. The van der Waals surface area contributed by atoms with Gasteiger partial charge in [-0.2, -0.15) is 0 Å². The van der Waals surface area contributed by atoms with E-state index >= 15 is 0 Å². The fourth-order valence-corrected chi connectivity index (χ4v) is 6.73. The van der Waals surface area contributed by atoms with Crippen molar-refractivity contribution < 1.29 is 58.3 Å². The molecule has 0 amide bonds. The molecule has 0 aromatic carbocycles. The smallest absolute Gasteiger partial charge is 0.457 e. The van der Waals surface area contributed by atoms with Crippen LogP contribution in [0.15, 0.2) is 12.2 Å². The second-order valence-electron chi connectivity index (χ2n) is 13.4. The largest absolute Gasteiger partial charge is 0.472 e. The average molecular weight is 725 g/mol. The molecule has 1 fully saturated rings. The summed E-state index contributed by atoms with van der Waals surface area (Å²) in [5.41, 5.74) is 0. The molecule has 0 saturated heterocycles. The summed E-state index contributed by atoms with van der Waals surface area (Å²) in [4.78, 5) is 22.9. The van der Waals surface area contributed by atoms with Gasteiger partial charge in [-0.05, 0) is 38.5 Å². The number of carbonyl (C=O) groups is 1. The molecular weight excluding hydrogens is 655 g/mol. The average Bonchev–Trinajstić information content (AvgIpc) is 3.08. The van der Waals surface area contributed by atoms with Crippen LogP contribution in [0.4, 0.5) is 0 Å². The topological polar surface area (TPSA) is 192 Å². The molecule has 13 heteroatoms. The quantitative estimate of drug-likeness (QED) is 0.0211. The lowest BCUT2D eigenvalue weighted by Crippen LogP contribution is -2.64. The van der Waals surface area contributed by atoms with Gasteiger partial charge in [-0.1, -0.05) is 116 Å². The maximum Gasteiger partial charge on any atom is 0.472 e. The Kier molecular flexibility index (Phi) is 26.9. The second-order valence-corrected chi connectivity index (χ2v) is 14.8. The van der Waals surface area contributed by atoms with Crippen LogP contribution in [0.3, 0.4) is 0 Å². The molecule has 0 aromatic heterocycles. The zero-order valence-electron chi connectivity index (χ0n) is 30.2. The summed E-state index contributed by atoms with van der Waals surface area (Å²) in [6.07, 6.45) is 14.5. The summed E-state index contributed by atoms with van der Waals surface area (Å²) >= 11 is 0. The van der Waals surface area contributed by atoms with Crippen molar-refractivity contribution in [1.82, 2.24) is 0 Å². The van der Waals surface area contributed by atoms with Crippen molar-refractivity contribution in [3.63, 3.8) is 0 Å². The minimum Gasteiger partial charge on any atom is -0.457 e. The second kappa shape index (κ2) is 28.6. The number of aliphatic hydroxyl groups excluding tert-OH is 5. The SMILES string of the molecule is CCCCC/C=C\CCCCCCCCOCC(COP(=O)(O)OC1C(O)C(O)C(O)C(O)C1O)OC(=O)CCCCCCCCCCC. The van der Waals surface area contributed by atoms with E-state index in [1.807, 2.05) is 0 Å². The standard InChI is InChI=1S/C36H69O12P/c1-3-5-7-9-11-13-14-15-16-18-20-22-24-26-45-27-29(47-30(37)25-23-21-19-17-12-10-8-6-4-2)28-46-49(43,44)48-36-34(41)32(39)31(38)33(40)35(36)42/h11,13,29,31-36,38-42H,3-10,12,14-28H2,1-2H3,(H,43,44)/b13-11-. The minimum atomic E-state index is -5.00. The van der Waals surface area contributed by atoms with Crippen LogP contribution in [0.2, 0.25) is 0 Å². The molecule has 1 aliphatic rings. The van der Waals surface area contributed by atoms with Crippen LogP contribution in [-0.4, -0.2) is 98.9 Å². The molecule has 1 aliphatic carbocycles. The number of carbonyl (C=O) groups excluding carboxylic acids is 1. The summed E-state index contributed by atoms with van der Waals surface area (Å²) < 4.78 is 33.9. The minimum absolute atomic E-state index is 0.0770. The lowest BCUT2D eigenvalue weighted by Gasteiger charge is -2.41. The monoisotopic (exact) mass is 724 g/mol. The molecule has 0 aliphatic heterocycles. The molecule has 0 radical (unpaired) electrons. The van der Waals surface area contributed by atoms with Crippen LogP contribution < -0.4 is 0 Å². The van der Waals surface area contributed by atoms with Crippen molar-refractivity contribution in [1.29, 1.82) is 0 Å². The highest BCUT2D eigenvalue weighted by molar-refractivity contribution is 7.47. The Labute approximate surface area is 295 Å². The first-order chi connectivity index (χ1) is 23.5. The van der Waals surface area contributed by atoms with E-state index in [0.717, 1.165) is 51.4 Å². The van der Waals surface area contributed by atoms with E-state index in [9.17, 15) is 39.8 Å². The molecular formula is C36H69O12P. The van der Waals surface area contributed by atoms with Crippen LogP contribution in [0.1, 0.15) is 149 Å². The van der Waals surface area contributed by atoms with E-state index in [2.05, 4.69) is 26.0 Å². The molecule has 6 atom stereocenters. The summed E-state index contributed by atoms with van der Waals surface area (Å²) in [5, 5.41) is 49.9. The van der Waals surface area contributed by atoms with E-state index in [0.29, 0.717) is 13.0 Å². The summed E-state index contributed by atoms with van der Waals surface area (Å²) in [6.45, 7) is 4.17. The number of hydrogen-bond acceptors (Lipinski definition) is 11. The Morgan fingerprint density at radius 3 is 1.65 bits per heavy atom. The Hall–Kier alpha value is -0.920. The van der Waals surface area contributed by atoms with Crippen LogP contribution in [-0.2, 0) is 27.9 Å². The van der Waals surface area contributed by atoms with Gasteiger partial charge in [0.2, 0.25) is 0 Å². The Morgan fingerprint density at radius 1 is 0.633 bits per heavy atom. The van der Waals surface area contributed by atoms with Gasteiger partial charge in [0, 0.05) is 13.0 Å². The van der Waals surface area contributed by atoms with Gasteiger partial charge < -0.3 is 39.9 Å². The number of rotatable bonds is 31. The predicted octanol–water partition coefficient (Wildman–Crippen LogP) is 6.02. The van der Waals surface area contributed by atoms with Crippen molar-refractivity contribution in [2.75, 3.05) is 19.8 Å². The number of phosphoric acid groups is 1. The maximum atomic E-state index is 12.7. The molecule has 290 valence electrons. The highest BCUT2D eigenvalue weighted by atomic mass is 31.2.